The highest BCUT2D eigenvalue weighted by molar-refractivity contribution is 7.95. The second-order valence-electron chi connectivity index (χ2n) is 6.28. The Bertz CT molecular complexity index is 900. The summed E-state index contributed by atoms with van der Waals surface area (Å²) >= 11 is 0. The second kappa shape index (κ2) is 6.17. The Kier molecular flexibility index (Phi) is 4.63. The van der Waals surface area contributed by atoms with Crippen molar-refractivity contribution in [3.05, 3.63) is 51.4 Å². The molecular formula is C19H21NO2S. The van der Waals surface area contributed by atoms with E-state index in [-0.39, 0.29) is 4.91 Å². The SMILES string of the molecule is Cc1cc(/C=C(\C#N)S(C)(=O)=O)c2c(C)ccc(C(C)C)cc1-2. The molecule has 0 N–H and O–H groups in total. The van der Waals surface area contributed by atoms with E-state index in [1.54, 1.807) is 6.07 Å². The third-order valence-corrected chi connectivity index (χ3v) is 5.06. The van der Waals surface area contributed by atoms with Crippen LogP contribution in [0.2, 0.25) is 0 Å². The zero-order valence-electron chi connectivity index (χ0n) is 14.1. The van der Waals surface area contributed by atoms with E-state index >= 15 is 0 Å². The molecule has 0 saturated heterocycles. The van der Waals surface area contributed by atoms with E-state index in [0.717, 1.165) is 34.1 Å². The van der Waals surface area contributed by atoms with Gasteiger partial charge in [-0.1, -0.05) is 38.1 Å². The van der Waals surface area contributed by atoms with Gasteiger partial charge in [0.05, 0.1) is 0 Å². The Hall–Kier alpha value is -2.12. The van der Waals surface area contributed by atoms with Crippen molar-refractivity contribution in [2.75, 3.05) is 6.26 Å². The zero-order valence-corrected chi connectivity index (χ0v) is 15.0. The summed E-state index contributed by atoms with van der Waals surface area (Å²) in [6.45, 7) is 8.31. The van der Waals surface area contributed by atoms with Gasteiger partial charge in [-0.2, -0.15) is 5.26 Å². The first-order valence-corrected chi connectivity index (χ1v) is 9.40. The highest BCUT2D eigenvalue weighted by Gasteiger charge is 2.18. The molecule has 2 rings (SSSR count). The molecule has 2 aliphatic carbocycles. The second-order valence-corrected chi connectivity index (χ2v) is 8.26. The third kappa shape index (κ3) is 3.46. The van der Waals surface area contributed by atoms with Crippen LogP contribution in [0.15, 0.2) is 29.2 Å². The molecule has 0 aliphatic heterocycles. The van der Waals surface area contributed by atoms with Gasteiger partial charge in [0.15, 0.2) is 9.84 Å². The molecule has 0 aromatic rings. The predicted octanol–water partition coefficient (Wildman–Crippen LogP) is 4.44. The average molecular weight is 327 g/mol. The van der Waals surface area contributed by atoms with E-state index in [1.807, 2.05) is 19.9 Å². The maximum atomic E-state index is 11.7. The highest BCUT2D eigenvalue weighted by atomic mass is 32.2. The maximum absolute atomic E-state index is 11.7. The lowest BCUT2D eigenvalue weighted by atomic mass is 10.0. The number of rotatable bonds is 3. The number of nitrogens with zero attached hydrogens (tertiary/aromatic N) is 1. The first kappa shape index (κ1) is 17.2. The van der Waals surface area contributed by atoms with Crippen molar-refractivity contribution in [3.63, 3.8) is 0 Å². The fourth-order valence-corrected chi connectivity index (χ4v) is 3.22. The quantitative estimate of drug-likeness (QED) is 0.783. The standard InChI is InChI=1S/C19H21NO2S/c1-12(2)15-7-6-13(3)19-16(8-14(4)18(19)10-15)9-17(11-20)23(5,21)22/h6-10,12H,1-5H3/b17-9+. The lowest BCUT2D eigenvalue weighted by molar-refractivity contribution is 0.609. The van der Waals surface area contributed by atoms with Crippen molar-refractivity contribution in [3.8, 4) is 17.2 Å². The van der Waals surface area contributed by atoms with Gasteiger partial charge >= 0.3 is 0 Å². The average Bonchev–Trinajstić information content (AvgIpc) is 2.62. The number of nitriles is 1. The van der Waals surface area contributed by atoms with Crippen LogP contribution in [0, 0.1) is 25.2 Å². The van der Waals surface area contributed by atoms with Crippen LogP contribution in [0.25, 0.3) is 17.2 Å². The number of sulfone groups is 1. The molecule has 2 aliphatic rings. The van der Waals surface area contributed by atoms with Gasteiger partial charge in [-0.25, -0.2) is 8.42 Å². The number of aryl methyl sites for hydroxylation is 2. The minimum Gasteiger partial charge on any atom is -0.223 e. The van der Waals surface area contributed by atoms with E-state index < -0.39 is 9.84 Å². The highest BCUT2D eigenvalue weighted by Crippen LogP contribution is 2.37. The predicted molar refractivity (Wildman–Crippen MR) is 95.1 cm³/mol. The largest absolute Gasteiger partial charge is 0.223 e. The molecule has 0 saturated carbocycles. The van der Waals surface area contributed by atoms with Crippen molar-refractivity contribution in [1.29, 1.82) is 5.26 Å². The molecule has 0 atom stereocenters. The molecule has 0 radical (unpaired) electrons. The summed E-state index contributed by atoms with van der Waals surface area (Å²) in [5.41, 5.74) is 6.27. The van der Waals surface area contributed by atoms with E-state index in [0.29, 0.717) is 5.92 Å². The molecular weight excluding hydrogens is 306 g/mol. The Morgan fingerprint density at radius 3 is 2.35 bits per heavy atom. The summed E-state index contributed by atoms with van der Waals surface area (Å²) in [5, 5.41) is 9.14. The summed E-state index contributed by atoms with van der Waals surface area (Å²) in [5.74, 6) is 0.406. The van der Waals surface area contributed by atoms with Crippen LogP contribution in [0.4, 0.5) is 0 Å². The van der Waals surface area contributed by atoms with E-state index in [2.05, 4.69) is 32.0 Å². The first-order valence-electron chi connectivity index (χ1n) is 7.51. The fourth-order valence-electron chi connectivity index (χ4n) is 2.72. The lowest BCUT2D eigenvalue weighted by Gasteiger charge is -2.04. The molecule has 0 spiro atoms. The van der Waals surface area contributed by atoms with Crippen molar-refractivity contribution >= 4 is 15.9 Å². The monoisotopic (exact) mass is 327 g/mol. The molecule has 3 nitrogen and oxygen atoms in total. The summed E-state index contributed by atoms with van der Waals surface area (Å²) in [7, 11) is -3.52. The smallest absolute Gasteiger partial charge is 0.185 e. The molecule has 0 heterocycles. The number of hydrogen-bond acceptors (Lipinski definition) is 3. The van der Waals surface area contributed by atoms with Crippen LogP contribution in [0.1, 0.15) is 42.0 Å². The van der Waals surface area contributed by atoms with E-state index in [4.69, 9.17) is 5.26 Å². The summed E-state index contributed by atoms with van der Waals surface area (Å²) in [6.07, 6.45) is 2.54. The number of fused-ring (bicyclic) bond motifs is 1. The van der Waals surface area contributed by atoms with Gasteiger partial charge in [0.1, 0.15) is 11.0 Å². The Morgan fingerprint density at radius 2 is 1.83 bits per heavy atom. The summed E-state index contributed by atoms with van der Waals surface area (Å²) in [6, 6.07) is 10.1. The molecule has 23 heavy (non-hydrogen) atoms. The molecule has 120 valence electrons. The molecule has 0 bridgehead atoms. The van der Waals surface area contributed by atoms with Crippen molar-refractivity contribution in [2.45, 2.75) is 33.6 Å². The molecule has 0 aromatic carbocycles. The maximum Gasteiger partial charge on any atom is 0.185 e. The van der Waals surface area contributed by atoms with Gasteiger partial charge in [-0.15, -0.1) is 0 Å². The minimum absolute atomic E-state index is 0.209. The molecule has 4 heteroatoms. The van der Waals surface area contributed by atoms with Gasteiger partial charge in [0, 0.05) is 6.26 Å². The van der Waals surface area contributed by atoms with Crippen molar-refractivity contribution < 1.29 is 8.42 Å². The first-order chi connectivity index (χ1) is 10.6. The van der Waals surface area contributed by atoms with Gasteiger partial charge in [-0.3, -0.25) is 0 Å². The molecule has 0 aromatic heterocycles. The van der Waals surface area contributed by atoms with Crippen LogP contribution in [-0.4, -0.2) is 14.7 Å². The normalized spacial score (nSPS) is 12.7. The number of allylic oxidation sites excluding steroid dienone is 1. The lowest BCUT2D eigenvalue weighted by Crippen LogP contribution is -1.98. The van der Waals surface area contributed by atoms with E-state index in [1.165, 1.54) is 11.6 Å². The van der Waals surface area contributed by atoms with Crippen LogP contribution in [0.5, 0.6) is 0 Å². The van der Waals surface area contributed by atoms with Crippen LogP contribution >= 0.6 is 0 Å². The van der Waals surface area contributed by atoms with Gasteiger partial charge in [0.2, 0.25) is 0 Å². The van der Waals surface area contributed by atoms with Crippen molar-refractivity contribution in [2.24, 2.45) is 0 Å². The van der Waals surface area contributed by atoms with Crippen LogP contribution in [0.3, 0.4) is 0 Å². The van der Waals surface area contributed by atoms with Gasteiger partial charge in [0.25, 0.3) is 0 Å². The Labute approximate surface area is 138 Å². The summed E-state index contributed by atoms with van der Waals surface area (Å²) in [4.78, 5) is -0.209. The van der Waals surface area contributed by atoms with Crippen LogP contribution < -0.4 is 0 Å². The Morgan fingerprint density at radius 1 is 1.17 bits per heavy atom. The fraction of sp³-hybridized carbons (Fsp3) is 0.316. The third-order valence-electron chi connectivity index (χ3n) is 4.05. The minimum atomic E-state index is -3.52. The van der Waals surface area contributed by atoms with Gasteiger partial charge in [-0.05, 0) is 59.2 Å². The van der Waals surface area contributed by atoms with Crippen molar-refractivity contribution in [1.82, 2.24) is 0 Å². The van der Waals surface area contributed by atoms with E-state index in [9.17, 15) is 8.42 Å². The molecule has 0 unspecified atom stereocenters. The Balaban J connectivity index is 2.78. The summed E-state index contributed by atoms with van der Waals surface area (Å²) < 4.78 is 23.4. The van der Waals surface area contributed by atoms with Crippen LogP contribution in [-0.2, 0) is 9.84 Å². The molecule has 0 amide bonds. The molecule has 0 fully saturated rings. The zero-order chi connectivity index (χ0) is 17.4. The topological polar surface area (TPSA) is 57.9 Å². The number of hydrogen-bond donors (Lipinski definition) is 0. The van der Waals surface area contributed by atoms with Gasteiger partial charge < -0.3 is 0 Å².